The predicted octanol–water partition coefficient (Wildman–Crippen LogP) is 1.99. The molecule has 4 heteroatoms. The van der Waals surface area contributed by atoms with Crippen molar-refractivity contribution in [1.29, 1.82) is 5.26 Å². The molecule has 0 unspecified atom stereocenters. The molecule has 0 atom stereocenters. The first-order valence-electron chi connectivity index (χ1n) is 5.31. The topological polar surface area (TPSA) is 47.3 Å². The molecule has 0 aliphatic carbocycles. The van der Waals surface area contributed by atoms with Crippen LogP contribution < -0.4 is 4.90 Å². The second-order valence-electron chi connectivity index (χ2n) is 4.14. The van der Waals surface area contributed by atoms with Crippen molar-refractivity contribution in [3.8, 4) is 6.07 Å². The Morgan fingerprint density at radius 2 is 2.18 bits per heavy atom. The molecule has 1 aliphatic heterocycles. The monoisotopic (exact) mass is 227 g/mol. The van der Waals surface area contributed by atoms with E-state index in [-0.39, 0.29) is 6.03 Å². The Balaban J connectivity index is 2.35. The first-order chi connectivity index (χ1) is 8.11. The van der Waals surface area contributed by atoms with Crippen molar-refractivity contribution >= 4 is 11.7 Å². The summed E-state index contributed by atoms with van der Waals surface area (Å²) in [5, 5.41) is 8.85. The average molecular weight is 227 g/mol. The van der Waals surface area contributed by atoms with Gasteiger partial charge in [0.25, 0.3) is 0 Å². The number of nitriles is 1. The van der Waals surface area contributed by atoms with Gasteiger partial charge in [0.2, 0.25) is 0 Å². The second kappa shape index (κ2) is 4.30. The number of hydrogen-bond acceptors (Lipinski definition) is 2. The molecule has 0 N–H and O–H groups in total. The lowest BCUT2D eigenvalue weighted by molar-refractivity contribution is 0.215. The van der Waals surface area contributed by atoms with Crippen LogP contribution in [-0.2, 0) is 0 Å². The number of benzene rings is 1. The summed E-state index contributed by atoms with van der Waals surface area (Å²) in [7, 11) is 1.74. The fourth-order valence-corrected chi connectivity index (χ4v) is 1.90. The summed E-state index contributed by atoms with van der Waals surface area (Å²) in [4.78, 5) is 15.2. The second-order valence-corrected chi connectivity index (χ2v) is 4.14. The lowest BCUT2D eigenvalue weighted by Gasteiger charge is -2.34. The number of carbonyl (C=O) groups excluding carboxylic acids is 1. The van der Waals surface area contributed by atoms with Crippen molar-refractivity contribution < 1.29 is 4.79 Å². The van der Waals surface area contributed by atoms with Crippen molar-refractivity contribution in [3.05, 3.63) is 42.0 Å². The number of urea groups is 1. The van der Waals surface area contributed by atoms with Crippen LogP contribution in [0.4, 0.5) is 10.5 Å². The molecular formula is C13H13N3O. The Morgan fingerprint density at radius 1 is 1.41 bits per heavy atom. The summed E-state index contributed by atoms with van der Waals surface area (Å²) in [6.45, 7) is 5.02. The third kappa shape index (κ3) is 2.13. The van der Waals surface area contributed by atoms with Crippen molar-refractivity contribution in [2.75, 3.05) is 25.0 Å². The molecule has 1 aromatic carbocycles. The van der Waals surface area contributed by atoms with Crippen molar-refractivity contribution in [2.45, 2.75) is 0 Å². The van der Waals surface area contributed by atoms with Gasteiger partial charge in [-0.15, -0.1) is 0 Å². The van der Waals surface area contributed by atoms with Crippen LogP contribution in [0, 0.1) is 11.3 Å². The van der Waals surface area contributed by atoms with E-state index in [0.717, 1.165) is 11.3 Å². The standard InChI is InChI=1S/C13H13N3O/c1-10-8-15(2)13(17)16(9-10)12-5-3-4-11(6-12)7-14/h3-6H,1,8-9H2,2H3. The van der Waals surface area contributed by atoms with Gasteiger partial charge in [-0.1, -0.05) is 12.6 Å². The highest BCUT2D eigenvalue weighted by molar-refractivity contribution is 5.93. The average Bonchev–Trinajstić information content (AvgIpc) is 2.34. The zero-order chi connectivity index (χ0) is 12.4. The highest BCUT2D eigenvalue weighted by Gasteiger charge is 2.25. The first-order valence-corrected chi connectivity index (χ1v) is 5.31. The van der Waals surface area contributed by atoms with E-state index < -0.39 is 0 Å². The van der Waals surface area contributed by atoms with Gasteiger partial charge in [0.1, 0.15) is 0 Å². The largest absolute Gasteiger partial charge is 0.324 e. The lowest BCUT2D eigenvalue weighted by Crippen LogP contribution is -2.48. The van der Waals surface area contributed by atoms with Crippen molar-refractivity contribution in [1.82, 2.24) is 4.90 Å². The zero-order valence-corrected chi connectivity index (χ0v) is 9.68. The summed E-state index contributed by atoms with van der Waals surface area (Å²) >= 11 is 0. The SMILES string of the molecule is C=C1CN(C)C(=O)N(c2cccc(C#N)c2)C1. The van der Waals surface area contributed by atoms with Crippen LogP contribution in [0.5, 0.6) is 0 Å². The molecule has 0 radical (unpaired) electrons. The molecule has 1 aliphatic rings. The van der Waals surface area contributed by atoms with E-state index in [4.69, 9.17) is 5.26 Å². The van der Waals surface area contributed by atoms with Crippen LogP contribution in [0.25, 0.3) is 0 Å². The Bertz CT molecular complexity index is 516. The van der Waals surface area contributed by atoms with E-state index in [9.17, 15) is 4.79 Å². The van der Waals surface area contributed by atoms with Gasteiger partial charge in [-0.2, -0.15) is 5.26 Å². The quantitative estimate of drug-likeness (QED) is 0.689. The minimum atomic E-state index is -0.0625. The summed E-state index contributed by atoms with van der Waals surface area (Å²) in [5.41, 5.74) is 2.27. The summed E-state index contributed by atoms with van der Waals surface area (Å²) in [6, 6.07) is 9.04. The zero-order valence-electron chi connectivity index (χ0n) is 9.68. The van der Waals surface area contributed by atoms with Crippen LogP contribution >= 0.6 is 0 Å². The van der Waals surface area contributed by atoms with Crippen LogP contribution in [-0.4, -0.2) is 31.1 Å². The van der Waals surface area contributed by atoms with Gasteiger partial charge in [0.15, 0.2) is 0 Å². The number of hydrogen-bond donors (Lipinski definition) is 0. The van der Waals surface area contributed by atoms with Gasteiger partial charge in [-0.3, -0.25) is 4.90 Å². The molecule has 1 heterocycles. The van der Waals surface area contributed by atoms with E-state index in [1.807, 2.05) is 6.07 Å². The summed E-state index contributed by atoms with van der Waals surface area (Å²) < 4.78 is 0. The number of carbonyl (C=O) groups is 1. The summed E-state index contributed by atoms with van der Waals surface area (Å²) in [5.74, 6) is 0. The van der Waals surface area contributed by atoms with E-state index in [1.54, 1.807) is 35.0 Å². The molecular weight excluding hydrogens is 214 g/mol. The Morgan fingerprint density at radius 3 is 2.88 bits per heavy atom. The number of anilines is 1. The number of amides is 2. The summed E-state index contributed by atoms with van der Waals surface area (Å²) in [6.07, 6.45) is 0. The molecule has 17 heavy (non-hydrogen) atoms. The normalized spacial score (nSPS) is 16.0. The molecule has 4 nitrogen and oxygen atoms in total. The molecule has 0 spiro atoms. The van der Waals surface area contributed by atoms with Gasteiger partial charge in [0.05, 0.1) is 18.2 Å². The van der Waals surface area contributed by atoms with Crippen molar-refractivity contribution in [3.63, 3.8) is 0 Å². The highest BCUT2D eigenvalue weighted by atomic mass is 16.2. The maximum absolute atomic E-state index is 12.0. The van der Waals surface area contributed by atoms with Gasteiger partial charge in [0, 0.05) is 19.3 Å². The maximum Gasteiger partial charge on any atom is 0.324 e. The van der Waals surface area contributed by atoms with E-state index in [2.05, 4.69) is 12.6 Å². The smallest absolute Gasteiger partial charge is 0.323 e. The minimum Gasteiger partial charge on any atom is -0.323 e. The molecule has 1 fully saturated rings. The van der Waals surface area contributed by atoms with E-state index in [1.165, 1.54) is 0 Å². The Hall–Kier alpha value is -2.28. The van der Waals surface area contributed by atoms with Crippen LogP contribution in [0.1, 0.15) is 5.56 Å². The molecule has 0 saturated carbocycles. The van der Waals surface area contributed by atoms with Crippen LogP contribution in [0.2, 0.25) is 0 Å². The molecule has 1 saturated heterocycles. The van der Waals surface area contributed by atoms with Crippen molar-refractivity contribution in [2.24, 2.45) is 0 Å². The Kier molecular flexibility index (Phi) is 2.84. The number of likely N-dealkylation sites (N-methyl/N-ethyl adjacent to an activating group) is 1. The predicted molar refractivity (Wildman–Crippen MR) is 65.7 cm³/mol. The lowest BCUT2D eigenvalue weighted by atomic mass is 10.1. The molecule has 2 rings (SSSR count). The first kappa shape index (κ1) is 11.2. The number of rotatable bonds is 1. The molecule has 2 amide bonds. The van der Waals surface area contributed by atoms with Gasteiger partial charge >= 0.3 is 6.03 Å². The van der Waals surface area contributed by atoms with Gasteiger partial charge in [-0.25, -0.2) is 4.79 Å². The highest BCUT2D eigenvalue weighted by Crippen LogP contribution is 2.21. The molecule has 1 aromatic rings. The minimum absolute atomic E-state index is 0.0625. The van der Waals surface area contributed by atoms with Gasteiger partial charge in [-0.05, 0) is 23.8 Å². The fourth-order valence-electron chi connectivity index (χ4n) is 1.90. The molecule has 0 aromatic heterocycles. The van der Waals surface area contributed by atoms with E-state index in [0.29, 0.717) is 18.7 Å². The van der Waals surface area contributed by atoms with Crippen LogP contribution in [0.3, 0.4) is 0 Å². The third-order valence-corrected chi connectivity index (χ3v) is 2.69. The Labute approximate surface area is 100 Å². The number of nitrogens with zero attached hydrogens (tertiary/aromatic N) is 3. The molecule has 0 bridgehead atoms. The molecule has 86 valence electrons. The fraction of sp³-hybridized carbons (Fsp3) is 0.231. The maximum atomic E-state index is 12.0. The van der Waals surface area contributed by atoms with Crippen LogP contribution in [0.15, 0.2) is 36.4 Å². The third-order valence-electron chi connectivity index (χ3n) is 2.69. The van der Waals surface area contributed by atoms with E-state index >= 15 is 0 Å². The van der Waals surface area contributed by atoms with Gasteiger partial charge < -0.3 is 4.90 Å².